The second kappa shape index (κ2) is 36.1. The maximum Gasteiger partial charge on any atom is 0.397 e. The Hall–Kier alpha value is -7.18. The summed E-state index contributed by atoms with van der Waals surface area (Å²) < 4.78 is 115. The fourth-order valence-corrected chi connectivity index (χ4v) is 17.6. The molecule has 8 rings (SSSR count). The van der Waals surface area contributed by atoms with E-state index in [0.29, 0.717) is 51.4 Å². The average Bonchev–Trinajstić information content (AvgIpc) is 1.69. The van der Waals surface area contributed by atoms with Crippen LogP contribution in [0.15, 0.2) is 12.2 Å². The number of alkyl halides is 8. The summed E-state index contributed by atoms with van der Waals surface area (Å²) in [5.74, 6) is -17.0. The van der Waals surface area contributed by atoms with Gasteiger partial charge >= 0.3 is 12.4 Å². The molecule has 0 aromatic heterocycles. The van der Waals surface area contributed by atoms with E-state index in [1.165, 1.54) is 78.7 Å². The van der Waals surface area contributed by atoms with Crippen LogP contribution < -0.4 is 16.0 Å². The Morgan fingerprint density at radius 2 is 1.22 bits per heavy atom. The second-order valence-corrected chi connectivity index (χ2v) is 32.3. The van der Waals surface area contributed by atoms with Gasteiger partial charge in [-0.1, -0.05) is 58.6 Å². The first-order valence-corrected chi connectivity index (χ1v) is 38.6. The molecule has 32 heteroatoms. The summed E-state index contributed by atoms with van der Waals surface area (Å²) in [6.45, 7) is 5.38. The molecule has 2 unspecified atom stereocenters. The number of nitrogens with one attached hydrogen (secondary N) is 3. The van der Waals surface area contributed by atoms with Gasteiger partial charge in [0, 0.05) is 69.0 Å². The molecule has 12 amide bonds. The minimum absolute atomic E-state index is 0.00623. The van der Waals surface area contributed by atoms with Crippen molar-refractivity contribution in [1.82, 2.24) is 60.0 Å². The Labute approximate surface area is 623 Å². The quantitative estimate of drug-likeness (QED) is 0.144. The van der Waals surface area contributed by atoms with Gasteiger partial charge in [-0.25, -0.2) is 8.78 Å². The number of amides is 12. The lowest BCUT2D eigenvalue weighted by Gasteiger charge is -2.47. The van der Waals surface area contributed by atoms with Crippen LogP contribution in [0.1, 0.15) is 182 Å². The second-order valence-electron chi connectivity index (χ2n) is 32.3. The lowest BCUT2D eigenvalue weighted by Crippen LogP contribution is -2.68. The molecule has 0 aromatic rings. The third kappa shape index (κ3) is 19.9. The highest BCUT2D eigenvalue weighted by molar-refractivity contribution is 6.01. The van der Waals surface area contributed by atoms with Gasteiger partial charge in [-0.05, 0) is 164 Å². The zero-order chi connectivity index (χ0) is 79.1. The van der Waals surface area contributed by atoms with E-state index in [9.17, 15) is 45.5 Å². The fourth-order valence-electron chi connectivity index (χ4n) is 17.6. The van der Waals surface area contributed by atoms with Crippen LogP contribution >= 0.6 is 0 Å². The number of halogens is 8. The van der Waals surface area contributed by atoms with E-state index in [-0.39, 0.29) is 90.3 Å². The first-order valence-electron chi connectivity index (χ1n) is 38.6. The van der Waals surface area contributed by atoms with Crippen LogP contribution in [0.25, 0.3) is 0 Å². The number of rotatable bonds is 11. The molecule has 2 saturated heterocycles. The lowest BCUT2D eigenvalue weighted by atomic mass is 9.74. The summed E-state index contributed by atoms with van der Waals surface area (Å²) in [6, 6.07) is -11.0. The highest BCUT2D eigenvalue weighted by Gasteiger charge is 2.56. The van der Waals surface area contributed by atoms with Crippen molar-refractivity contribution in [3.8, 4) is 0 Å². The van der Waals surface area contributed by atoms with E-state index in [1.807, 2.05) is 0 Å². The Bertz CT molecular complexity index is 3240. The third-order valence-electron chi connectivity index (χ3n) is 25.0. The van der Waals surface area contributed by atoms with Gasteiger partial charge < -0.3 is 60.0 Å². The van der Waals surface area contributed by atoms with E-state index >= 15 is 47.1 Å². The standard InChI is InChI=1S/C75H114F8N12O12/c1-12-44(4)61-70(105)89(7)42-59(98)90(8)53-25-15-14-18-34-94(69(53)104)56(38-45-26-29-49(30-27-45)74(78,79)80)68(103)88(6)41-57(96)84-52(31-28-46-36-50(76)60(51(77)37-46)75(81,82)83)66(101)95-40-43(3)35-54(95)64(99)86-73(32-20-33-73)72(107)93(11)63(48-21-16-17-22-48)71(106)91(9)55(67(102)87(5)13-2)39-58(97)92(10)62(65(100)85-61)47-23-19-24-47/h14-15,43-56,60-63H,12-13,16-42H2,1-11H3,(H,84,96)(H,85,100)(H,86,99)/b15-14-/t43-,44-,45?,46?,49?,50?,51?,52-,53-,54-,55-,56-,60?,61-,62-,63-/m0/s1. The SMILES string of the molecule is CC[C@H](C)[C@@H]1NC(=O)[C@H](C2CCC2)N(C)C(=O)C[C@@H](C(=O)N(C)CC)N(C)C(=O)[C@H](C2CCCC2)N(C)C(=O)C2(CCC2)NC(=O)[C@@H]2C[C@H](C)CN2C(=O)[C@H](CCC2CC(F)C(C(F)(F)F)C(F)C2)NC(=O)CN(C)C(=O)[C@H](CC2CCC(C(F)(F)F)CC2)N2CC/C=C\C[C@@H](C2=O)N(C)C(=O)CN(C)C1=O. The molecule has 24 nitrogen and oxygen atoms in total. The van der Waals surface area contributed by atoms with E-state index in [0.717, 1.165) is 21.1 Å². The molecule has 602 valence electrons. The number of carbonyl (C=O) groups is 12. The van der Waals surface area contributed by atoms with Crippen molar-refractivity contribution in [2.24, 2.45) is 47.3 Å². The van der Waals surface area contributed by atoms with Crippen molar-refractivity contribution in [1.29, 1.82) is 0 Å². The largest absolute Gasteiger partial charge is 0.397 e. The van der Waals surface area contributed by atoms with Crippen molar-refractivity contribution < 1.29 is 92.7 Å². The van der Waals surface area contributed by atoms with Gasteiger partial charge in [-0.2, -0.15) is 26.3 Å². The van der Waals surface area contributed by atoms with Crippen LogP contribution in [0, 0.1) is 47.3 Å². The van der Waals surface area contributed by atoms with E-state index in [2.05, 4.69) is 16.0 Å². The molecule has 12 atom stereocenters. The van der Waals surface area contributed by atoms with E-state index in [4.69, 9.17) is 0 Å². The van der Waals surface area contributed by atoms with Crippen LogP contribution in [0.3, 0.4) is 0 Å². The predicted molar refractivity (Wildman–Crippen MR) is 377 cm³/mol. The smallest absolute Gasteiger partial charge is 0.344 e. The van der Waals surface area contributed by atoms with Gasteiger partial charge in [0.05, 0.1) is 25.4 Å². The van der Waals surface area contributed by atoms with Crippen molar-refractivity contribution in [3.63, 3.8) is 0 Å². The summed E-state index contributed by atoms with van der Waals surface area (Å²) in [5.41, 5.74) is -1.64. The molecule has 3 aliphatic heterocycles. The molecule has 8 aliphatic rings. The van der Waals surface area contributed by atoms with Gasteiger partial charge in [0.15, 0.2) is 0 Å². The van der Waals surface area contributed by atoms with Gasteiger partial charge in [-0.3, -0.25) is 57.5 Å². The zero-order valence-electron chi connectivity index (χ0n) is 64.0. The van der Waals surface area contributed by atoms with Crippen LogP contribution in [0.2, 0.25) is 0 Å². The molecule has 0 aromatic carbocycles. The molecule has 7 fully saturated rings. The third-order valence-corrected chi connectivity index (χ3v) is 25.0. The number of likely N-dealkylation sites (N-methyl/N-ethyl adjacent to an activating group) is 7. The molecule has 5 aliphatic carbocycles. The molecule has 3 N–H and O–H groups in total. The van der Waals surface area contributed by atoms with Crippen LogP contribution in [-0.2, 0) is 57.5 Å². The summed E-state index contributed by atoms with van der Waals surface area (Å²) in [5, 5.41) is 8.50. The first-order chi connectivity index (χ1) is 50.2. The number of fused-ring (bicyclic) bond motifs is 3. The predicted octanol–water partition coefficient (Wildman–Crippen LogP) is 6.73. The fraction of sp³-hybridized carbons (Fsp3) is 0.813. The van der Waals surface area contributed by atoms with Crippen molar-refractivity contribution >= 4 is 70.9 Å². The molecule has 2 bridgehead atoms. The maximum absolute atomic E-state index is 15.6. The highest BCUT2D eigenvalue weighted by Crippen LogP contribution is 2.46. The topological polar surface area (TPSA) is 270 Å². The molecule has 0 radical (unpaired) electrons. The van der Waals surface area contributed by atoms with Gasteiger partial charge in [0.1, 0.15) is 72.1 Å². The lowest BCUT2D eigenvalue weighted by molar-refractivity contribution is -0.219. The summed E-state index contributed by atoms with van der Waals surface area (Å²) >= 11 is 0. The molecule has 3 heterocycles. The Balaban J connectivity index is 1.19. The molecular formula is C75H114F8N12O12. The molecular weight excluding hydrogens is 1410 g/mol. The molecule has 107 heavy (non-hydrogen) atoms. The maximum atomic E-state index is 15.6. The average molecular weight is 1530 g/mol. The summed E-state index contributed by atoms with van der Waals surface area (Å²) in [6.07, 6.45) is -9.97. The highest BCUT2D eigenvalue weighted by atomic mass is 19.4. The van der Waals surface area contributed by atoms with Crippen molar-refractivity contribution in [2.75, 3.05) is 82.1 Å². The van der Waals surface area contributed by atoms with Gasteiger partial charge in [0.2, 0.25) is 70.9 Å². The zero-order valence-corrected chi connectivity index (χ0v) is 64.0. The van der Waals surface area contributed by atoms with Crippen molar-refractivity contribution in [3.05, 3.63) is 12.2 Å². The van der Waals surface area contributed by atoms with Crippen LogP contribution in [-0.4, -0.2) is 276 Å². The summed E-state index contributed by atoms with van der Waals surface area (Å²) in [7, 11) is 9.64. The monoisotopic (exact) mass is 1530 g/mol. The summed E-state index contributed by atoms with van der Waals surface area (Å²) in [4.78, 5) is 192. The first kappa shape index (κ1) is 85.4. The van der Waals surface area contributed by atoms with Gasteiger partial charge in [0.25, 0.3) is 0 Å². The normalized spacial score (nSPS) is 32.9. The minimum atomic E-state index is -5.20. The van der Waals surface area contributed by atoms with Crippen LogP contribution in [0.4, 0.5) is 35.1 Å². The number of hydrogen-bond acceptors (Lipinski definition) is 12. The van der Waals surface area contributed by atoms with E-state index < -0.39 is 236 Å². The Morgan fingerprint density at radius 3 is 1.79 bits per heavy atom. The Kier molecular flexibility index (Phi) is 28.8. The van der Waals surface area contributed by atoms with Gasteiger partial charge in [-0.15, -0.1) is 0 Å². The molecule has 1 spiro atoms. The Morgan fingerprint density at radius 1 is 0.617 bits per heavy atom. The molecule has 5 saturated carbocycles. The van der Waals surface area contributed by atoms with Crippen molar-refractivity contribution in [2.45, 2.75) is 260 Å². The van der Waals surface area contributed by atoms with Crippen LogP contribution in [0.5, 0.6) is 0 Å². The van der Waals surface area contributed by atoms with E-state index in [1.54, 1.807) is 39.8 Å². The number of hydrogen-bond donors (Lipinski definition) is 3. The number of carbonyl (C=O) groups excluding carboxylic acids is 12. The number of nitrogens with zero attached hydrogens (tertiary/aromatic N) is 9. The minimum Gasteiger partial charge on any atom is -0.344 e.